The van der Waals surface area contributed by atoms with E-state index >= 15 is 0 Å². The molecule has 4 rings (SSSR count). The van der Waals surface area contributed by atoms with Gasteiger partial charge in [0.15, 0.2) is 5.82 Å². The van der Waals surface area contributed by atoms with Crippen LogP contribution in [-0.4, -0.2) is 47.2 Å². The molecule has 6 heteroatoms. The summed E-state index contributed by atoms with van der Waals surface area (Å²) in [6.45, 7) is 3.54. The van der Waals surface area contributed by atoms with Gasteiger partial charge in [0.2, 0.25) is 5.91 Å². The molecule has 1 amide bonds. The normalized spacial score (nSPS) is 14.5. The Hall–Kier alpha value is -3.67. The average Bonchev–Trinajstić information content (AvgIpc) is 3.09. The first kappa shape index (κ1) is 20.6. The topological polar surface area (TPSA) is 58.6 Å². The van der Waals surface area contributed by atoms with Gasteiger partial charge >= 0.3 is 0 Å². The minimum Gasteiger partial charge on any atom is -0.489 e. The molecule has 0 unspecified atom stereocenters. The fourth-order valence-electron chi connectivity index (χ4n) is 3.55. The lowest BCUT2D eigenvalue weighted by molar-refractivity contribution is -0.125. The number of hydrogen-bond donors (Lipinski definition) is 0. The Morgan fingerprint density at radius 3 is 2.71 bits per heavy atom. The molecule has 1 aliphatic rings. The highest BCUT2D eigenvalue weighted by Crippen LogP contribution is 2.17. The van der Waals surface area contributed by atoms with Gasteiger partial charge in [-0.3, -0.25) is 4.79 Å². The zero-order valence-electron chi connectivity index (χ0n) is 17.4. The van der Waals surface area contributed by atoms with E-state index in [2.05, 4.69) is 15.1 Å². The van der Waals surface area contributed by atoms with Crippen molar-refractivity contribution in [3.63, 3.8) is 0 Å². The van der Waals surface area contributed by atoms with Gasteiger partial charge in [-0.05, 0) is 47.9 Å². The molecule has 1 fully saturated rings. The molecule has 0 spiro atoms. The number of benzene rings is 2. The van der Waals surface area contributed by atoms with Crippen molar-refractivity contribution in [2.45, 2.75) is 13.0 Å². The van der Waals surface area contributed by atoms with Gasteiger partial charge in [0.25, 0.3) is 0 Å². The van der Waals surface area contributed by atoms with Gasteiger partial charge in [0.1, 0.15) is 12.4 Å². The number of rotatable bonds is 6. The first-order valence-corrected chi connectivity index (χ1v) is 10.5. The molecule has 0 atom stereocenters. The Morgan fingerprint density at radius 1 is 0.968 bits per heavy atom. The lowest BCUT2D eigenvalue weighted by atomic mass is 10.2. The maximum Gasteiger partial charge on any atom is 0.246 e. The van der Waals surface area contributed by atoms with Gasteiger partial charge in [0, 0.05) is 38.5 Å². The lowest BCUT2D eigenvalue weighted by Gasteiger charge is -2.21. The van der Waals surface area contributed by atoms with Gasteiger partial charge in [-0.15, -0.1) is 5.10 Å². The summed E-state index contributed by atoms with van der Waals surface area (Å²) in [5, 5.41) is 8.13. The van der Waals surface area contributed by atoms with Crippen LogP contribution in [-0.2, 0) is 11.4 Å². The van der Waals surface area contributed by atoms with Crippen LogP contribution in [0.1, 0.15) is 17.5 Å². The van der Waals surface area contributed by atoms with E-state index in [0.717, 1.165) is 48.7 Å². The lowest BCUT2D eigenvalue weighted by Crippen LogP contribution is -2.34. The molecule has 2 aromatic carbocycles. The van der Waals surface area contributed by atoms with Crippen LogP contribution in [0.3, 0.4) is 0 Å². The van der Waals surface area contributed by atoms with Gasteiger partial charge in [-0.1, -0.05) is 42.5 Å². The quantitative estimate of drug-likeness (QED) is 0.574. The Balaban J connectivity index is 1.32. The summed E-state index contributed by atoms with van der Waals surface area (Å²) in [6.07, 6.45) is 6.07. The van der Waals surface area contributed by atoms with E-state index in [0.29, 0.717) is 13.2 Å². The van der Waals surface area contributed by atoms with E-state index in [1.165, 1.54) is 0 Å². The average molecular weight is 415 g/mol. The SMILES string of the molecule is O=C(/C=C/c1cccc(OCc2ccccc2)c1)N1CCCN(c2cccnn2)CC1. The number of hydrogen-bond acceptors (Lipinski definition) is 5. The Bertz CT molecular complexity index is 1010. The van der Waals surface area contributed by atoms with Crippen molar-refractivity contribution in [3.8, 4) is 5.75 Å². The predicted molar refractivity (Wildman–Crippen MR) is 122 cm³/mol. The standard InChI is InChI=1S/C25H26N4O2/c30-25(29-16-6-15-28(17-18-29)24-11-5-14-26-27-24)13-12-21-9-4-10-23(19-21)31-20-22-7-2-1-3-8-22/h1-5,7-14,19H,6,15-18,20H2/b13-12+. The minimum atomic E-state index is 0.0246. The van der Waals surface area contributed by atoms with Crippen LogP contribution in [0.2, 0.25) is 0 Å². The number of carbonyl (C=O) groups excluding carboxylic acids is 1. The van der Waals surface area contributed by atoms with Crippen LogP contribution in [0.25, 0.3) is 6.08 Å². The number of aromatic nitrogens is 2. The first-order valence-electron chi connectivity index (χ1n) is 10.5. The Kier molecular flexibility index (Phi) is 6.90. The summed E-state index contributed by atoms with van der Waals surface area (Å²) in [4.78, 5) is 16.8. The highest BCUT2D eigenvalue weighted by atomic mass is 16.5. The Labute approximate surface area is 182 Å². The molecule has 0 radical (unpaired) electrons. The van der Waals surface area contributed by atoms with Crippen molar-refractivity contribution in [3.05, 3.63) is 90.1 Å². The third-order valence-electron chi connectivity index (χ3n) is 5.21. The number of carbonyl (C=O) groups is 1. The molecule has 0 bridgehead atoms. The highest BCUT2D eigenvalue weighted by molar-refractivity contribution is 5.91. The molecule has 1 saturated heterocycles. The van der Waals surface area contributed by atoms with Crippen LogP contribution in [0.4, 0.5) is 5.82 Å². The second kappa shape index (κ2) is 10.4. The number of amides is 1. The van der Waals surface area contributed by atoms with Crippen LogP contribution < -0.4 is 9.64 Å². The zero-order valence-corrected chi connectivity index (χ0v) is 17.4. The maximum absolute atomic E-state index is 12.7. The summed E-state index contributed by atoms with van der Waals surface area (Å²) in [7, 11) is 0. The molecule has 0 N–H and O–H groups in total. The van der Waals surface area contributed by atoms with E-state index in [1.54, 1.807) is 12.3 Å². The van der Waals surface area contributed by atoms with E-state index in [-0.39, 0.29) is 5.91 Å². The van der Waals surface area contributed by atoms with E-state index < -0.39 is 0 Å². The molecule has 31 heavy (non-hydrogen) atoms. The monoisotopic (exact) mass is 414 g/mol. The number of ether oxygens (including phenoxy) is 1. The second-order valence-corrected chi connectivity index (χ2v) is 7.43. The molecule has 6 nitrogen and oxygen atoms in total. The van der Waals surface area contributed by atoms with Crippen molar-refractivity contribution in [2.75, 3.05) is 31.1 Å². The van der Waals surface area contributed by atoms with E-state index in [1.807, 2.05) is 77.7 Å². The molecule has 0 saturated carbocycles. The number of nitrogens with zero attached hydrogens (tertiary/aromatic N) is 4. The molecule has 3 aromatic rings. The molecule has 158 valence electrons. The first-order chi connectivity index (χ1) is 15.3. The van der Waals surface area contributed by atoms with Gasteiger partial charge in [0.05, 0.1) is 0 Å². The minimum absolute atomic E-state index is 0.0246. The van der Waals surface area contributed by atoms with Crippen LogP contribution in [0, 0.1) is 0 Å². The highest BCUT2D eigenvalue weighted by Gasteiger charge is 2.18. The molecule has 0 aliphatic carbocycles. The molecular weight excluding hydrogens is 388 g/mol. The van der Waals surface area contributed by atoms with Crippen molar-refractivity contribution < 1.29 is 9.53 Å². The summed E-state index contributed by atoms with van der Waals surface area (Å²) in [6, 6.07) is 21.7. The third kappa shape index (κ3) is 5.92. The van der Waals surface area contributed by atoms with Crippen molar-refractivity contribution in [1.82, 2.24) is 15.1 Å². The predicted octanol–water partition coefficient (Wildman–Crippen LogP) is 3.81. The number of anilines is 1. The van der Waals surface area contributed by atoms with E-state index in [9.17, 15) is 4.79 Å². The maximum atomic E-state index is 12.7. The van der Waals surface area contributed by atoms with E-state index in [4.69, 9.17) is 4.74 Å². The van der Waals surface area contributed by atoms with Crippen molar-refractivity contribution in [1.29, 1.82) is 0 Å². The van der Waals surface area contributed by atoms with Crippen LogP contribution in [0.15, 0.2) is 79.0 Å². The Morgan fingerprint density at radius 2 is 1.87 bits per heavy atom. The fourth-order valence-corrected chi connectivity index (χ4v) is 3.55. The molecular formula is C25H26N4O2. The summed E-state index contributed by atoms with van der Waals surface area (Å²) in [5.41, 5.74) is 2.06. The van der Waals surface area contributed by atoms with Gasteiger partial charge < -0.3 is 14.5 Å². The van der Waals surface area contributed by atoms with Gasteiger partial charge in [-0.25, -0.2) is 0 Å². The third-order valence-corrected chi connectivity index (χ3v) is 5.21. The van der Waals surface area contributed by atoms with Crippen LogP contribution >= 0.6 is 0 Å². The van der Waals surface area contributed by atoms with Crippen molar-refractivity contribution >= 4 is 17.8 Å². The van der Waals surface area contributed by atoms with Crippen molar-refractivity contribution in [2.24, 2.45) is 0 Å². The smallest absolute Gasteiger partial charge is 0.246 e. The molecule has 1 aliphatic heterocycles. The fraction of sp³-hybridized carbons (Fsp3) is 0.240. The summed E-state index contributed by atoms with van der Waals surface area (Å²) < 4.78 is 5.88. The van der Waals surface area contributed by atoms with Gasteiger partial charge in [-0.2, -0.15) is 5.10 Å². The zero-order chi connectivity index (χ0) is 21.3. The molecule has 1 aromatic heterocycles. The summed E-state index contributed by atoms with van der Waals surface area (Å²) >= 11 is 0. The van der Waals surface area contributed by atoms with Crippen LogP contribution in [0.5, 0.6) is 5.75 Å². The molecule has 2 heterocycles. The summed E-state index contributed by atoms with van der Waals surface area (Å²) in [5.74, 6) is 1.67. The largest absolute Gasteiger partial charge is 0.489 e. The second-order valence-electron chi connectivity index (χ2n) is 7.43.